The maximum Gasteiger partial charge on any atom is 0.415 e. The number of nitrogens with zero attached hydrogens (tertiary/aromatic N) is 1. The van der Waals surface area contributed by atoms with E-state index in [2.05, 4.69) is 0 Å². The molecular formula is C8H13F3N2O2. The summed E-state index contributed by atoms with van der Waals surface area (Å²) in [7, 11) is 0. The predicted molar refractivity (Wildman–Crippen MR) is 45.9 cm³/mol. The fraction of sp³-hybridized carbons (Fsp3) is 0.875. The molecule has 88 valence electrons. The highest BCUT2D eigenvalue weighted by molar-refractivity contribution is 5.87. The number of aliphatic hydroxyl groups excluding tert-OH is 1. The molecule has 1 amide bonds. The van der Waals surface area contributed by atoms with Crippen molar-refractivity contribution in [1.82, 2.24) is 4.90 Å². The largest absolute Gasteiger partial charge is 0.415 e. The Bertz CT molecular complexity index is 265. The van der Waals surface area contributed by atoms with E-state index in [0.717, 1.165) is 4.90 Å². The second-order valence-electron chi connectivity index (χ2n) is 3.89. The fourth-order valence-electron chi connectivity index (χ4n) is 1.38. The molecule has 0 aromatic rings. The van der Waals surface area contributed by atoms with Gasteiger partial charge >= 0.3 is 6.18 Å². The minimum Gasteiger partial charge on any atom is -0.391 e. The van der Waals surface area contributed by atoms with Gasteiger partial charge in [-0.15, -0.1) is 0 Å². The van der Waals surface area contributed by atoms with E-state index in [-0.39, 0.29) is 13.1 Å². The quantitative estimate of drug-likeness (QED) is 0.654. The third-order valence-electron chi connectivity index (χ3n) is 2.48. The number of hydrogen-bond acceptors (Lipinski definition) is 3. The van der Waals surface area contributed by atoms with Gasteiger partial charge in [0.05, 0.1) is 6.10 Å². The predicted octanol–water partition coefficient (Wildman–Crippen LogP) is -0.141. The van der Waals surface area contributed by atoms with Crippen LogP contribution < -0.4 is 5.73 Å². The zero-order valence-corrected chi connectivity index (χ0v) is 8.21. The van der Waals surface area contributed by atoms with Crippen molar-refractivity contribution >= 4 is 5.91 Å². The van der Waals surface area contributed by atoms with Crippen molar-refractivity contribution in [2.45, 2.75) is 31.2 Å². The van der Waals surface area contributed by atoms with Crippen molar-refractivity contribution in [2.24, 2.45) is 5.73 Å². The summed E-state index contributed by atoms with van der Waals surface area (Å²) in [5.41, 5.74) is 2.09. The number of carbonyl (C=O) groups is 1. The van der Waals surface area contributed by atoms with E-state index in [1.807, 2.05) is 0 Å². The molecular weight excluding hydrogens is 213 g/mol. The van der Waals surface area contributed by atoms with Gasteiger partial charge in [-0.1, -0.05) is 0 Å². The average Bonchev–Trinajstić information content (AvgIpc) is 2.48. The van der Waals surface area contributed by atoms with Crippen LogP contribution in [0.5, 0.6) is 0 Å². The first kappa shape index (κ1) is 12.3. The van der Waals surface area contributed by atoms with Crippen molar-refractivity contribution in [3.05, 3.63) is 0 Å². The van der Waals surface area contributed by atoms with E-state index in [1.54, 1.807) is 0 Å². The van der Waals surface area contributed by atoms with Crippen LogP contribution in [0, 0.1) is 0 Å². The monoisotopic (exact) mass is 226 g/mol. The van der Waals surface area contributed by atoms with Gasteiger partial charge in [-0.2, -0.15) is 13.2 Å². The first-order valence-corrected chi connectivity index (χ1v) is 4.49. The lowest BCUT2D eigenvalue weighted by Gasteiger charge is -2.30. The van der Waals surface area contributed by atoms with Gasteiger partial charge in [0.2, 0.25) is 0 Å². The number of amides is 1. The highest BCUT2D eigenvalue weighted by atomic mass is 19.4. The molecule has 1 heterocycles. The molecule has 0 aromatic carbocycles. The Morgan fingerprint density at radius 1 is 1.53 bits per heavy atom. The Morgan fingerprint density at radius 2 is 2.07 bits per heavy atom. The van der Waals surface area contributed by atoms with E-state index < -0.39 is 23.7 Å². The van der Waals surface area contributed by atoms with Gasteiger partial charge in [0, 0.05) is 13.1 Å². The molecule has 1 aliphatic heterocycles. The molecule has 1 saturated heterocycles. The number of alkyl halides is 3. The Labute approximate surface area is 84.8 Å². The van der Waals surface area contributed by atoms with Crippen molar-refractivity contribution in [3.8, 4) is 0 Å². The van der Waals surface area contributed by atoms with Gasteiger partial charge < -0.3 is 15.7 Å². The molecule has 2 atom stereocenters. The van der Waals surface area contributed by atoms with Crippen LogP contribution in [0.25, 0.3) is 0 Å². The first-order chi connectivity index (χ1) is 6.66. The number of rotatable bonds is 1. The van der Waals surface area contributed by atoms with E-state index in [9.17, 15) is 18.0 Å². The summed E-state index contributed by atoms with van der Waals surface area (Å²) in [5, 5.41) is 9.10. The molecule has 1 fully saturated rings. The van der Waals surface area contributed by atoms with Crippen LogP contribution in [0.15, 0.2) is 0 Å². The second-order valence-corrected chi connectivity index (χ2v) is 3.89. The number of likely N-dealkylation sites (tertiary alicyclic amines) is 1. The smallest absolute Gasteiger partial charge is 0.391 e. The van der Waals surface area contributed by atoms with Crippen LogP contribution in [-0.4, -0.2) is 46.8 Å². The highest BCUT2D eigenvalue weighted by Gasteiger charge is 2.55. The van der Waals surface area contributed by atoms with Gasteiger partial charge in [-0.05, 0) is 13.3 Å². The Morgan fingerprint density at radius 3 is 2.40 bits per heavy atom. The summed E-state index contributed by atoms with van der Waals surface area (Å²) >= 11 is 0. The second kappa shape index (κ2) is 3.64. The minimum absolute atomic E-state index is 0.0816. The maximum absolute atomic E-state index is 12.4. The zero-order valence-electron chi connectivity index (χ0n) is 8.21. The molecule has 0 radical (unpaired) electrons. The molecule has 1 rings (SSSR count). The molecule has 0 bridgehead atoms. The van der Waals surface area contributed by atoms with Crippen molar-refractivity contribution < 1.29 is 23.1 Å². The van der Waals surface area contributed by atoms with Crippen molar-refractivity contribution in [3.63, 3.8) is 0 Å². The molecule has 0 spiro atoms. The number of hydrogen-bond donors (Lipinski definition) is 2. The molecule has 1 unspecified atom stereocenters. The summed E-state index contributed by atoms with van der Waals surface area (Å²) in [6, 6.07) is 0. The van der Waals surface area contributed by atoms with Crippen LogP contribution in [0.2, 0.25) is 0 Å². The van der Waals surface area contributed by atoms with Gasteiger partial charge in [0.15, 0.2) is 5.54 Å². The SMILES string of the molecule is CC(N)(C(=O)N1CC[C@H](O)C1)C(F)(F)F. The Balaban J connectivity index is 2.76. The number of aliphatic hydroxyl groups is 1. The lowest BCUT2D eigenvalue weighted by Crippen LogP contribution is -2.61. The van der Waals surface area contributed by atoms with Gasteiger partial charge in [0.1, 0.15) is 0 Å². The summed E-state index contributed by atoms with van der Waals surface area (Å²) in [6.45, 7) is 0.671. The van der Waals surface area contributed by atoms with E-state index in [1.165, 1.54) is 0 Å². The molecule has 0 saturated carbocycles. The summed E-state index contributed by atoms with van der Waals surface area (Å²) in [6.07, 6.45) is -5.24. The van der Waals surface area contributed by atoms with E-state index >= 15 is 0 Å². The van der Waals surface area contributed by atoms with E-state index in [4.69, 9.17) is 10.8 Å². The number of β-amino-alcohol motifs (C(OH)–C–C–N with tert-alkyl or cyclic N) is 1. The minimum atomic E-state index is -4.78. The summed E-state index contributed by atoms with van der Waals surface area (Å²) in [5.74, 6) is -1.19. The first-order valence-electron chi connectivity index (χ1n) is 4.49. The fourth-order valence-corrected chi connectivity index (χ4v) is 1.38. The molecule has 15 heavy (non-hydrogen) atoms. The van der Waals surface area contributed by atoms with Gasteiger partial charge in [0.25, 0.3) is 5.91 Å². The molecule has 1 aliphatic rings. The molecule has 0 aromatic heterocycles. The third-order valence-corrected chi connectivity index (χ3v) is 2.48. The van der Waals surface area contributed by atoms with Gasteiger partial charge in [-0.3, -0.25) is 4.79 Å². The molecule has 4 nitrogen and oxygen atoms in total. The Hall–Kier alpha value is -0.820. The highest BCUT2D eigenvalue weighted by Crippen LogP contribution is 2.30. The number of carbonyl (C=O) groups excluding carboxylic acids is 1. The van der Waals surface area contributed by atoms with Crippen molar-refractivity contribution in [2.75, 3.05) is 13.1 Å². The Kier molecular flexibility index (Phi) is 2.97. The summed E-state index contributed by atoms with van der Waals surface area (Å²) in [4.78, 5) is 12.4. The van der Waals surface area contributed by atoms with Crippen LogP contribution in [0.1, 0.15) is 13.3 Å². The van der Waals surface area contributed by atoms with E-state index in [0.29, 0.717) is 13.3 Å². The lowest BCUT2D eigenvalue weighted by molar-refractivity contribution is -0.193. The average molecular weight is 226 g/mol. The topological polar surface area (TPSA) is 66.6 Å². The zero-order chi connectivity index (χ0) is 11.9. The van der Waals surface area contributed by atoms with Crippen LogP contribution in [0.3, 0.4) is 0 Å². The molecule has 3 N–H and O–H groups in total. The van der Waals surface area contributed by atoms with Crippen LogP contribution in [0.4, 0.5) is 13.2 Å². The van der Waals surface area contributed by atoms with Crippen molar-refractivity contribution in [1.29, 1.82) is 0 Å². The number of nitrogens with two attached hydrogens (primary N) is 1. The lowest BCUT2D eigenvalue weighted by atomic mass is 10.0. The number of halogens is 3. The van der Waals surface area contributed by atoms with Crippen LogP contribution in [-0.2, 0) is 4.79 Å². The standard InChI is InChI=1S/C8H13F3N2O2/c1-7(12,8(9,10)11)6(15)13-3-2-5(14)4-13/h5,14H,2-4,12H2,1H3/t5-,7?/m0/s1. The molecule has 7 heteroatoms. The molecule has 0 aliphatic carbocycles. The third kappa shape index (κ3) is 2.23. The maximum atomic E-state index is 12.4. The summed E-state index contributed by atoms with van der Waals surface area (Å²) < 4.78 is 37.2. The van der Waals surface area contributed by atoms with Gasteiger partial charge in [-0.25, -0.2) is 0 Å². The normalized spacial score (nSPS) is 26.5. The van der Waals surface area contributed by atoms with Crippen LogP contribution >= 0.6 is 0 Å².